The van der Waals surface area contributed by atoms with Gasteiger partial charge >= 0.3 is 0 Å². The van der Waals surface area contributed by atoms with E-state index in [0.29, 0.717) is 0 Å². The van der Waals surface area contributed by atoms with Crippen molar-refractivity contribution in [3.8, 4) is 11.1 Å². The Morgan fingerprint density at radius 2 is 1.85 bits per heavy atom. The summed E-state index contributed by atoms with van der Waals surface area (Å²) in [6.07, 6.45) is 0. The minimum absolute atomic E-state index is 0.0439. The Morgan fingerprint density at radius 3 is 2.60 bits per heavy atom. The van der Waals surface area contributed by atoms with E-state index < -0.39 is 0 Å². The summed E-state index contributed by atoms with van der Waals surface area (Å²) in [7, 11) is 0. The van der Waals surface area contributed by atoms with Crippen LogP contribution in [-0.4, -0.2) is 31.2 Å². The number of nitrogens with zero attached hydrogens (tertiary/aromatic N) is 1. The summed E-state index contributed by atoms with van der Waals surface area (Å²) in [5.74, 6) is 0.913. The van der Waals surface area contributed by atoms with E-state index >= 15 is 0 Å². The molecule has 1 fully saturated rings. The lowest BCUT2D eigenvalue weighted by Gasteiger charge is -2.29. The summed E-state index contributed by atoms with van der Waals surface area (Å²) in [5, 5.41) is 3.32. The molecular formula is C16H19N3O. The minimum atomic E-state index is -0.0439. The smallest absolute Gasteiger partial charge is 0.250 e. The maximum atomic E-state index is 11.9. The number of piperazine rings is 1. The zero-order valence-corrected chi connectivity index (χ0v) is 11.6. The molecule has 1 aromatic heterocycles. The summed E-state index contributed by atoms with van der Waals surface area (Å²) in [6, 6.07) is 12.0. The van der Waals surface area contributed by atoms with Gasteiger partial charge in [-0.25, -0.2) is 0 Å². The zero-order valence-electron chi connectivity index (χ0n) is 11.6. The first kappa shape index (κ1) is 12.9. The molecule has 0 spiro atoms. The molecule has 20 heavy (non-hydrogen) atoms. The van der Waals surface area contributed by atoms with Gasteiger partial charge in [0.1, 0.15) is 5.82 Å². The molecule has 0 amide bonds. The molecule has 0 atom stereocenters. The van der Waals surface area contributed by atoms with Gasteiger partial charge in [-0.2, -0.15) is 0 Å². The van der Waals surface area contributed by atoms with Crippen LogP contribution < -0.4 is 15.8 Å². The van der Waals surface area contributed by atoms with Gasteiger partial charge in [-0.05, 0) is 24.1 Å². The van der Waals surface area contributed by atoms with Gasteiger partial charge in [0.25, 0.3) is 0 Å². The van der Waals surface area contributed by atoms with E-state index in [1.54, 1.807) is 6.07 Å². The fourth-order valence-electron chi connectivity index (χ4n) is 2.60. The second-order valence-corrected chi connectivity index (χ2v) is 5.23. The van der Waals surface area contributed by atoms with Crippen LogP contribution in [0.4, 0.5) is 5.82 Å². The van der Waals surface area contributed by atoms with Crippen molar-refractivity contribution in [3.63, 3.8) is 0 Å². The topological polar surface area (TPSA) is 48.1 Å². The molecule has 2 N–H and O–H groups in total. The van der Waals surface area contributed by atoms with Crippen molar-refractivity contribution in [2.24, 2.45) is 0 Å². The Bertz CT molecular complexity index is 657. The molecule has 1 saturated heterocycles. The lowest BCUT2D eigenvalue weighted by Crippen LogP contribution is -2.44. The number of benzene rings is 1. The molecule has 2 aromatic rings. The fourth-order valence-corrected chi connectivity index (χ4v) is 2.60. The Morgan fingerprint density at radius 1 is 1.05 bits per heavy atom. The van der Waals surface area contributed by atoms with Crippen LogP contribution in [-0.2, 0) is 0 Å². The van der Waals surface area contributed by atoms with Gasteiger partial charge in [-0.15, -0.1) is 0 Å². The van der Waals surface area contributed by atoms with E-state index in [1.807, 2.05) is 12.1 Å². The third-order valence-corrected chi connectivity index (χ3v) is 3.64. The molecule has 0 bridgehead atoms. The van der Waals surface area contributed by atoms with Gasteiger partial charge in [0.15, 0.2) is 0 Å². The molecule has 4 nitrogen and oxygen atoms in total. The second-order valence-electron chi connectivity index (χ2n) is 5.23. The Hall–Kier alpha value is -2.07. The molecule has 3 rings (SSSR count). The van der Waals surface area contributed by atoms with Crippen LogP contribution in [0.2, 0.25) is 0 Å². The Balaban J connectivity index is 2.00. The van der Waals surface area contributed by atoms with E-state index in [2.05, 4.69) is 40.3 Å². The largest absolute Gasteiger partial charge is 0.356 e. The van der Waals surface area contributed by atoms with E-state index in [9.17, 15) is 4.79 Å². The number of nitrogens with one attached hydrogen (secondary N) is 2. The Kier molecular flexibility index (Phi) is 3.56. The van der Waals surface area contributed by atoms with Crippen LogP contribution in [0.25, 0.3) is 11.1 Å². The van der Waals surface area contributed by atoms with Gasteiger partial charge < -0.3 is 15.2 Å². The van der Waals surface area contributed by atoms with E-state index in [1.165, 1.54) is 5.56 Å². The van der Waals surface area contributed by atoms with Gasteiger partial charge in [-0.3, -0.25) is 4.79 Å². The maximum Gasteiger partial charge on any atom is 0.250 e. The number of aromatic amines is 1. The van der Waals surface area contributed by atoms with Crippen LogP contribution in [0.15, 0.2) is 41.2 Å². The monoisotopic (exact) mass is 269 g/mol. The summed E-state index contributed by atoms with van der Waals surface area (Å²) >= 11 is 0. The number of aryl methyl sites for hydroxylation is 1. The number of hydrogen-bond donors (Lipinski definition) is 2. The molecule has 0 aliphatic carbocycles. The molecule has 1 aliphatic rings. The molecule has 1 aliphatic heterocycles. The van der Waals surface area contributed by atoms with Crippen molar-refractivity contribution in [2.45, 2.75) is 6.92 Å². The highest BCUT2D eigenvalue weighted by molar-refractivity contribution is 5.67. The second kappa shape index (κ2) is 5.51. The summed E-state index contributed by atoms with van der Waals surface area (Å²) < 4.78 is 0. The predicted molar refractivity (Wildman–Crippen MR) is 82.3 cm³/mol. The number of hydrogen-bond acceptors (Lipinski definition) is 3. The molecule has 0 radical (unpaired) electrons. The van der Waals surface area contributed by atoms with Crippen molar-refractivity contribution < 1.29 is 0 Å². The van der Waals surface area contributed by atoms with E-state index in [0.717, 1.165) is 43.1 Å². The summed E-state index contributed by atoms with van der Waals surface area (Å²) in [4.78, 5) is 17.1. The van der Waals surface area contributed by atoms with Gasteiger partial charge in [-0.1, -0.05) is 29.8 Å². The number of H-pyrrole nitrogens is 1. The molecular weight excluding hydrogens is 250 g/mol. The normalized spacial score (nSPS) is 15.3. The lowest BCUT2D eigenvalue weighted by atomic mass is 10.0. The predicted octanol–water partition coefficient (Wildman–Crippen LogP) is 1.76. The first-order valence-electron chi connectivity index (χ1n) is 6.99. The third-order valence-electron chi connectivity index (χ3n) is 3.64. The van der Waals surface area contributed by atoms with Crippen LogP contribution in [0, 0.1) is 6.92 Å². The van der Waals surface area contributed by atoms with Crippen LogP contribution in [0.1, 0.15) is 5.56 Å². The quantitative estimate of drug-likeness (QED) is 0.873. The first-order chi connectivity index (χ1) is 9.72. The minimum Gasteiger partial charge on any atom is -0.356 e. The number of aromatic nitrogens is 1. The molecule has 2 heterocycles. The maximum absolute atomic E-state index is 11.9. The number of pyridine rings is 1. The van der Waals surface area contributed by atoms with Crippen molar-refractivity contribution in [2.75, 3.05) is 31.1 Å². The summed E-state index contributed by atoms with van der Waals surface area (Å²) in [6.45, 7) is 5.82. The van der Waals surface area contributed by atoms with E-state index in [4.69, 9.17) is 0 Å². The van der Waals surface area contributed by atoms with Gasteiger partial charge in [0.2, 0.25) is 5.56 Å². The molecule has 4 heteroatoms. The highest BCUT2D eigenvalue weighted by atomic mass is 16.1. The first-order valence-corrected chi connectivity index (χ1v) is 6.99. The SMILES string of the molecule is Cc1cccc(-c2cc(N3CCNCC3)[nH]c(=O)c2)c1. The van der Waals surface area contributed by atoms with Gasteiger partial charge in [0, 0.05) is 32.2 Å². The highest BCUT2D eigenvalue weighted by Gasteiger charge is 2.12. The Labute approximate surface area is 118 Å². The molecule has 0 unspecified atom stereocenters. The van der Waals surface area contributed by atoms with Crippen molar-refractivity contribution in [3.05, 3.63) is 52.3 Å². The van der Waals surface area contributed by atoms with Crippen LogP contribution in [0.3, 0.4) is 0 Å². The third kappa shape index (κ3) is 2.75. The molecule has 1 aromatic carbocycles. The van der Waals surface area contributed by atoms with Crippen molar-refractivity contribution in [1.29, 1.82) is 0 Å². The van der Waals surface area contributed by atoms with E-state index in [-0.39, 0.29) is 5.56 Å². The van der Waals surface area contributed by atoms with Gasteiger partial charge in [0.05, 0.1) is 0 Å². The van der Waals surface area contributed by atoms with Crippen LogP contribution in [0.5, 0.6) is 0 Å². The van der Waals surface area contributed by atoms with Crippen molar-refractivity contribution in [1.82, 2.24) is 10.3 Å². The molecule has 0 saturated carbocycles. The average molecular weight is 269 g/mol. The standard InChI is InChI=1S/C16H19N3O/c1-12-3-2-4-13(9-12)14-10-15(18-16(20)11-14)19-7-5-17-6-8-19/h2-4,9-11,17H,5-8H2,1H3,(H,18,20). The number of anilines is 1. The molecule has 104 valence electrons. The van der Waals surface area contributed by atoms with Crippen molar-refractivity contribution >= 4 is 5.82 Å². The average Bonchev–Trinajstić information content (AvgIpc) is 2.47. The zero-order chi connectivity index (χ0) is 13.9. The highest BCUT2D eigenvalue weighted by Crippen LogP contribution is 2.22. The summed E-state index contributed by atoms with van der Waals surface area (Å²) in [5.41, 5.74) is 3.22. The fraction of sp³-hybridized carbons (Fsp3) is 0.312. The lowest BCUT2D eigenvalue weighted by molar-refractivity contribution is 0.584. The van der Waals surface area contributed by atoms with Crippen LogP contribution >= 0.6 is 0 Å². The number of rotatable bonds is 2.